The first-order chi connectivity index (χ1) is 12.3. The maximum atomic E-state index is 13.5. The molecule has 0 aliphatic rings. The molecule has 1 amide bonds. The SMILES string of the molecule is CS(=O)(=O)CCNC(=O)c1ccc2cncc(-c3cccc(F)c3)c2n1. The number of sulfone groups is 1. The average molecular weight is 373 g/mol. The van der Waals surface area contributed by atoms with E-state index in [1.54, 1.807) is 30.6 Å². The van der Waals surface area contributed by atoms with Gasteiger partial charge in [0.15, 0.2) is 0 Å². The first-order valence-electron chi connectivity index (χ1n) is 7.80. The van der Waals surface area contributed by atoms with E-state index in [1.165, 1.54) is 18.2 Å². The van der Waals surface area contributed by atoms with E-state index in [0.717, 1.165) is 6.26 Å². The smallest absolute Gasteiger partial charge is 0.269 e. The fourth-order valence-electron chi connectivity index (χ4n) is 2.48. The van der Waals surface area contributed by atoms with E-state index in [1.807, 2.05) is 0 Å². The van der Waals surface area contributed by atoms with Crippen LogP contribution < -0.4 is 5.32 Å². The van der Waals surface area contributed by atoms with Gasteiger partial charge in [-0.1, -0.05) is 12.1 Å². The van der Waals surface area contributed by atoms with Crippen LogP contribution in [0.15, 0.2) is 48.8 Å². The summed E-state index contributed by atoms with van der Waals surface area (Å²) in [6, 6.07) is 9.27. The second-order valence-electron chi connectivity index (χ2n) is 5.85. The van der Waals surface area contributed by atoms with Crippen LogP contribution in [-0.2, 0) is 9.84 Å². The molecule has 0 bridgehead atoms. The first-order valence-corrected chi connectivity index (χ1v) is 9.86. The van der Waals surface area contributed by atoms with Gasteiger partial charge in [0, 0.05) is 36.1 Å². The number of benzene rings is 1. The van der Waals surface area contributed by atoms with Crippen LogP contribution in [0.2, 0.25) is 0 Å². The minimum absolute atomic E-state index is 0.00445. The molecule has 0 unspecified atom stereocenters. The maximum Gasteiger partial charge on any atom is 0.269 e. The molecule has 0 fully saturated rings. The van der Waals surface area contributed by atoms with E-state index in [2.05, 4.69) is 15.3 Å². The van der Waals surface area contributed by atoms with Crippen LogP contribution in [0.3, 0.4) is 0 Å². The highest BCUT2D eigenvalue weighted by Gasteiger charge is 2.12. The van der Waals surface area contributed by atoms with Gasteiger partial charge in [0.25, 0.3) is 5.91 Å². The number of nitrogens with zero attached hydrogens (tertiary/aromatic N) is 2. The van der Waals surface area contributed by atoms with Crippen LogP contribution >= 0.6 is 0 Å². The third kappa shape index (κ3) is 4.20. The van der Waals surface area contributed by atoms with Crippen LogP contribution in [0.4, 0.5) is 4.39 Å². The molecule has 134 valence electrons. The summed E-state index contributed by atoms with van der Waals surface area (Å²) in [6.45, 7) is 0.00445. The molecular formula is C18H16FN3O3S. The highest BCUT2D eigenvalue weighted by atomic mass is 32.2. The lowest BCUT2D eigenvalue weighted by atomic mass is 10.0. The molecule has 8 heteroatoms. The summed E-state index contributed by atoms with van der Waals surface area (Å²) in [7, 11) is -3.16. The number of rotatable bonds is 5. The highest BCUT2D eigenvalue weighted by Crippen LogP contribution is 2.26. The van der Waals surface area contributed by atoms with Gasteiger partial charge in [0.2, 0.25) is 0 Å². The second-order valence-corrected chi connectivity index (χ2v) is 8.11. The first kappa shape index (κ1) is 17.9. The van der Waals surface area contributed by atoms with Crippen LogP contribution in [0.1, 0.15) is 10.5 Å². The van der Waals surface area contributed by atoms with Gasteiger partial charge in [-0.2, -0.15) is 0 Å². The fraction of sp³-hybridized carbons (Fsp3) is 0.167. The Hall–Kier alpha value is -2.87. The van der Waals surface area contributed by atoms with Crippen LogP contribution in [0, 0.1) is 5.82 Å². The topological polar surface area (TPSA) is 89.0 Å². The van der Waals surface area contributed by atoms with Gasteiger partial charge in [-0.3, -0.25) is 9.78 Å². The maximum absolute atomic E-state index is 13.5. The molecule has 3 aromatic rings. The lowest BCUT2D eigenvalue weighted by Gasteiger charge is -2.08. The Kier molecular flexibility index (Phi) is 4.94. The van der Waals surface area contributed by atoms with Crippen molar-refractivity contribution in [2.75, 3.05) is 18.6 Å². The quantitative estimate of drug-likeness (QED) is 0.741. The van der Waals surface area contributed by atoms with Gasteiger partial charge in [0.1, 0.15) is 21.3 Å². The van der Waals surface area contributed by atoms with Crippen molar-refractivity contribution in [1.29, 1.82) is 0 Å². The Morgan fingerprint density at radius 1 is 1.19 bits per heavy atom. The van der Waals surface area contributed by atoms with E-state index >= 15 is 0 Å². The molecule has 0 aliphatic heterocycles. The van der Waals surface area contributed by atoms with E-state index in [-0.39, 0.29) is 23.8 Å². The molecule has 0 atom stereocenters. The second kappa shape index (κ2) is 7.17. The summed E-state index contributed by atoms with van der Waals surface area (Å²) in [5.74, 6) is -1.00. The Morgan fingerprint density at radius 3 is 2.73 bits per heavy atom. The monoisotopic (exact) mass is 373 g/mol. The number of halogens is 1. The van der Waals surface area contributed by atoms with Crippen molar-refractivity contribution in [3.8, 4) is 11.1 Å². The number of pyridine rings is 2. The van der Waals surface area contributed by atoms with Crippen molar-refractivity contribution in [3.63, 3.8) is 0 Å². The summed E-state index contributed by atoms with van der Waals surface area (Å²) < 4.78 is 35.8. The number of nitrogens with one attached hydrogen (secondary N) is 1. The molecule has 0 radical (unpaired) electrons. The molecule has 0 saturated carbocycles. The van der Waals surface area contributed by atoms with Gasteiger partial charge < -0.3 is 5.32 Å². The molecule has 3 rings (SSSR count). The number of carbonyl (C=O) groups excluding carboxylic acids is 1. The minimum atomic E-state index is -3.16. The van der Waals surface area contributed by atoms with Crippen LogP contribution in [-0.4, -0.2) is 42.8 Å². The molecule has 26 heavy (non-hydrogen) atoms. The Bertz CT molecular complexity index is 1080. The fourth-order valence-corrected chi connectivity index (χ4v) is 2.95. The normalized spacial score (nSPS) is 11.5. The summed E-state index contributed by atoms with van der Waals surface area (Å²) in [5, 5.41) is 3.24. The average Bonchev–Trinajstić information content (AvgIpc) is 2.59. The molecule has 1 aromatic carbocycles. The zero-order valence-electron chi connectivity index (χ0n) is 13.9. The van der Waals surface area contributed by atoms with Gasteiger partial charge in [0.05, 0.1) is 11.3 Å². The number of carbonyl (C=O) groups is 1. The zero-order valence-corrected chi connectivity index (χ0v) is 14.8. The Morgan fingerprint density at radius 2 is 2.00 bits per heavy atom. The van der Waals surface area contributed by atoms with Crippen molar-refractivity contribution >= 4 is 26.6 Å². The predicted molar refractivity (Wildman–Crippen MR) is 97.0 cm³/mol. The molecule has 2 heterocycles. The predicted octanol–water partition coefficient (Wildman–Crippen LogP) is 2.21. The molecule has 1 N–H and O–H groups in total. The van der Waals surface area contributed by atoms with Crippen molar-refractivity contribution < 1.29 is 17.6 Å². The van der Waals surface area contributed by atoms with Crippen LogP contribution in [0.25, 0.3) is 22.0 Å². The third-order valence-corrected chi connectivity index (χ3v) is 4.67. The summed E-state index contributed by atoms with van der Waals surface area (Å²) in [5.41, 5.74) is 1.87. The van der Waals surface area contributed by atoms with Crippen molar-refractivity contribution in [1.82, 2.24) is 15.3 Å². The molecule has 0 spiro atoms. The van der Waals surface area contributed by atoms with Crippen LogP contribution in [0.5, 0.6) is 0 Å². The number of hydrogen-bond donors (Lipinski definition) is 1. The van der Waals surface area contributed by atoms with Gasteiger partial charge in [-0.05, 0) is 29.8 Å². The van der Waals surface area contributed by atoms with Gasteiger partial charge in [-0.25, -0.2) is 17.8 Å². The lowest BCUT2D eigenvalue weighted by molar-refractivity contribution is 0.0951. The van der Waals surface area contributed by atoms with E-state index in [9.17, 15) is 17.6 Å². The Balaban J connectivity index is 1.95. The summed E-state index contributed by atoms with van der Waals surface area (Å²) in [6.07, 6.45) is 4.28. The largest absolute Gasteiger partial charge is 0.350 e. The number of amides is 1. The molecular weight excluding hydrogens is 357 g/mol. The third-order valence-electron chi connectivity index (χ3n) is 3.73. The van der Waals surface area contributed by atoms with E-state index < -0.39 is 15.7 Å². The van der Waals surface area contributed by atoms with Crippen molar-refractivity contribution in [2.45, 2.75) is 0 Å². The van der Waals surface area contributed by atoms with Crippen molar-refractivity contribution in [3.05, 3.63) is 60.3 Å². The standard InChI is InChI=1S/C18H16FN3O3S/c1-26(24,25)8-7-21-18(23)16-6-5-13-10-20-11-15(17(13)22-16)12-3-2-4-14(19)9-12/h2-6,9-11H,7-8H2,1H3,(H,21,23). The molecule has 2 aromatic heterocycles. The summed E-state index contributed by atoms with van der Waals surface area (Å²) in [4.78, 5) is 20.7. The minimum Gasteiger partial charge on any atom is -0.350 e. The van der Waals surface area contributed by atoms with E-state index in [0.29, 0.717) is 22.0 Å². The van der Waals surface area contributed by atoms with Gasteiger partial charge >= 0.3 is 0 Å². The van der Waals surface area contributed by atoms with Gasteiger partial charge in [-0.15, -0.1) is 0 Å². The Labute approximate surface area is 150 Å². The molecule has 0 aliphatic carbocycles. The number of fused-ring (bicyclic) bond motifs is 1. The highest BCUT2D eigenvalue weighted by molar-refractivity contribution is 7.90. The summed E-state index contributed by atoms with van der Waals surface area (Å²) >= 11 is 0. The zero-order chi connectivity index (χ0) is 18.7. The number of hydrogen-bond acceptors (Lipinski definition) is 5. The molecule has 6 nitrogen and oxygen atoms in total. The van der Waals surface area contributed by atoms with E-state index in [4.69, 9.17) is 0 Å². The number of aromatic nitrogens is 2. The van der Waals surface area contributed by atoms with Crippen molar-refractivity contribution in [2.24, 2.45) is 0 Å². The molecule has 0 saturated heterocycles. The lowest BCUT2D eigenvalue weighted by Crippen LogP contribution is -2.29.